The molecule has 0 saturated heterocycles. The third kappa shape index (κ3) is 2.49. The molecule has 1 aromatic rings. The van der Waals surface area contributed by atoms with E-state index in [1.54, 1.807) is 0 Å². The van der Waals surface area contributed by atoms with Gasteiger partial charge in [0.2, 0.25) is 0 Å². The summed E-state index contributed by atoms with van der Waals surface area (Å²) < 4.78 is 12.2. The number of hydrogen-bond donors (Lipinski definition) is 2. The molecular weight excluding hydrogens is 165 g/mol. The average Bonchev–Trinajstić information content (AvgIpc) is 2.03. The topological polar surface area (TPSA) is 75.1 Å². The fraction of sp³-hybridized carbons (Fsp3) is 0.167. The molecule has 5 nitrogen and oxygen atoms in total. The van der Waals surface area contributed by atoms with Crippen LogP contribution in [-0.2, 0) is 6.54 Å². The smallest absolute Gasteiger partial charge is 0.405 e. The van der Waals surface area contributed by atoms with Gasteiger partial charge in [0, 0.05) is 0 Å². The molecule has 0 aliphatic carbocycles. The van der Waals surface area contributed by atoms with Gasteiger partial charge in [-0.3, -0.25) is 0 Å². The van der Waals surface area contributed by atoms with E-state index >= 15 is 0 Å². The van der Waals surface area contributed by atoms with Crippen molar-refractivity contribution in [1.82, 2.24) is 15.3 Å². The molecule has 6 heteroatoms. The first-order chi connectivity index (χ1) is 5.68. The zero-order chi connectivity index (χ0) is 8.97. The highest BCUT2D eigenvalue weighted by Gasteiger charge is 1.98. The van der Waals surface area contributed by atoms with Crippen LogP contribution < -0.4 is 5.32 Å². The number of carbonyl (C=O) groups is 1. The van der Waals surface area contributed by atoms with Crippen LogP contribution in [0, 0.1) is 5.82 Å². The van der Waals surface area contributed by atoms with Crippen LogP contribution in [0.3, 0.4) is 0 Å². The van der Waals surface area contributed by atoms with Crippen molar-refractivity contribution in [2.75, 3.05) is 0 Å². The van der Waals surface area contributed by atoms with Gasteiger partial charge in [0.1, 0.15) is 5.82 Å². The van der Waals surface area contributed by atoms with Crippen molar-refractivity contribution < 1.29 is 14.3 Å². The Kier molecular flexibility index (Phi) is 2.52. The van der Waals surface area contributed by atoms with E-state index in [0.717, 1.165) is 12.4 Å². The third-order valence-electron chi connectivity index (χ3n) is 1.07. The molecule has 2 N–H and O–H groups in total. The minimum Gasteiger partial charge on any atom is -0.465 e. The molecular formula is C6H6FN3O2. The molecule has 1 rings (SSSR count). The molecule has 0 aliphatic heterocycles. The van der Waals surface area contributed by atoms with Gasteiger partial charge in [-0.15, -0.1) is 0 Å². The van der Waals surface area contributed by atoms with Gasteiger partial charge in [0.15, 0.2) is 5.82 Å². The molecule has 0 unspecified atom stereocenters. The molecule has 0 saturated carbocycles. The minimum absolute atomic E-state index is 0.0182. The Morgan fingerprint density at radius 2 is 2.17 bits per heavy atom. The highest BCUT2D eigenvalue weighted by molar-refractivity contribution is 5.64. The van der Waals surface area contributed by atoms with Gasteiger partial charge in [0.05, 0.1) is 18.9 Å². The van der Waals surface area contributed by atoms with Crippen LogP contribution in [0.25, 0.3) is 0 Å². The zero-order valence-electron chi connectivity index (χ0n) is 5.99. The quantitative estimate of drug-likeness (QED) is 0.674. The third-order valence-corrected chi connectivity index (χ3v) is 1.07. The molecule has 1 amide bonds. The lowest BCUT2D eigenvalue weighted by molar-refractivity contribution is 0.193. The van der Waals surface area contributed by atoms with Gasteiger partial charge in [-0.25, -0.2) is 19.2 Å². The normalized spacial score (nSPS) is 9.42. The van der Waals surface area contributed by atoms with Crippen LogP contribution in [0.4, 0.5) is 9.18 Å². The summed E-state index contributed by atoms with van der Waals surface area (Å²) in [6.07, 6.45) is 0.792. The summed E-state index contributed by atoms with van der Waals surface area (Å²) in [6, 6.07) is 0. The lowest BCUT2D eigenvalue weighted by Gasteiger charge is -1.97. The van der Waals surface area contributed by atoms with Crippen molar-refractivity contribution in [3.05, 3.63) is 24.0 Å². The van der Waals surface area contributed by atoms with Gasteiger partial charge in [0.25, 0.3) is 0 Å². The number of carboxylic acid groups (broad SMARTS) is 1. The summed E-state index contributed by atoms with van der Waals surface area (Å²) in [6.45, 7) is -0.0182. The van der Waals surface area contributed by atoms with Gasteiger partial charge in [-0.05, 0) is 0 Å². The second-order valence-electron chi connectivity index (χ2n) is 1.98. The number of aromatic nitrogens is 2. The largest absolute Gasteiger partial charge is 0.465 e. The number of amides is 1. The maximum atomic E-state index is 12.2. The Labute approximate surface area is 67.3 Å². The maximum Gasteiger partial charge on any atom is 0.405 e. The molecule has 12 heavy (non-hydrogen) atoms. The first-order valence-electron chi connectivity index (χ1n) is 3.11. The van der Waals surface area contributed by atoms with Crippen LogP contribution >= 0.6 is 0 Å². The number of nitrogens with zero attached hydrogens (tertiary/aromatic N) is 2. The van der Waals surface area contributed by atoms with Crippen molar-refractivity contribution in [2.45, 2.75) is 6.54 Å². The van der Waals surface area contributed by atoms with Gasteiger partial charge >= 0.3 is 6.09 Å². The van der Waals surface area contributed by atoms with Crippen LogP contribution in [0.15, 0.2) is 12.4 Å². The Balaban J connectivity index is 2.53. The van der Waals surface area contributed by atoms with Crippen LogP contribution in [0.5, 0.6) is 0 Å². The van der Waals surface area contributed by atoms with Crippen molar-refractivity contribution in [1.29, 1.82) is 0 Å². The molecule has 64 valence electrons. The Bertz CT molecular complexity index is 275. The Morgan fingerprint density at radius 3 is 2.67 bits per heavy atom. The molecule has 1 aromatic heterocycles. The Morgan fingerprint density at radius 1 is 1.58 bits per heavy atom. The van der Waals surface area contributed by atoms with E-state index < -0.39 is 11.9 Å². The number of nitrogens with one attached hydrogen (secondary N) is 1. The maximum absolute atomic E-state index is 12.2. The van der Waals surface area contributed by atoms with E-state index in [4.69, 9.17) is 5.11 Å². The second-order valence-corrected chi connectivity index (χ2v) is 1.98. The van der Waals surface area contributed by atoms with E-state index in [-0.39, 0.29) is 12.4 Å². The molecule has 1 heterocycles. The fourth-order valence-corrected chi connectivity index (χ4v) is 0.585. The van der Waals surface area contributed by atoms with Crippen LogP contribution in [-0.4, -0.2) is 21.2 Å². The summed E-state index contributed by atoms with van der Waals surface area (Å²) in [5.41, 5.74) is 0. The second kappa shape index (κ2) is 3.61. The lowest BCUT2D eigenvalue weighted by Crippen LogP contribution is -2.21. The lowest BCUT2D eigenvalue weighted by atomic mass is 10.5. The molecule has 0 radical (unpaired) electrons. The number of halogens is 1. The minimum atomic E-state index is -1.16. The SMILES string of the molecule is O=C(O)NCc1ncc(F)cn1. The van der Waals surface area contributed by atoms with E-state index in [1.165, 1.54) is 0 Å². The fourth-order valence-electron chi connectivity index (χ4n) is 0.585. The average molecular weight is 171 g/mol. The van der Waals surface area contributed by atoms with E-state index in [2.05, 4.69) is 15.3 Å². The summed E-state index contributed by atoms with van der Waals surface area (Å²) in [5, 5.41) is 10.2. The molecule has 0 fully saturated rings. The number of rotatable bonds is 2. The summed E-state index contributed by atoms with van der Waals surface area (Å²) >= 11 is 0. The van der Waals surface area contributed by atoms with Crippen molar-refractivity contribution in [2.24, 2.45) is 0 Å². The number of hydrogen-bond acceptors (Lipinski definition) is 3. The van der Waals surface area contributed by atoms with Gasteiger partial charge < -0.3 is 10.4 Å². The van der Waals surface area contributed by atoms with E-state index in [1.807, 2.05) is 0 Å². The Hall–Kier alpha value is -1.72. The molecule has 0 aromatic carbocycles. The predicted octanol–water partition coefficient (Wildman–Crippen LogP) is 0.383. The zero-order valence-corrected chi connectivity index (χ0v) is 5.99. The summed E-state index contributed by atoms with van der Waals surface area (Å²) in [7, 11) is 0. The molecule has 0 bridgehead atoms. The van der Waals surface area contributed by atoms with Crippen molar-refractivity contribution in [3.63, 3.8) is 0 Å². The van der Waals surface area contributed by atoms with Gasteiger partial charge in [-0.2, -0.15) is 0 Å². The highest BCUT2D eigenvalue weighted by atomic mass is 19.1. The van der Waals surface area contributed by atoms with Crippen molar-refractivity contribution >= 4 is 6.09 Å². The standard InChI is InChI=1S/C6H6FN3O2/c7-4-1-8-5(9-2-4)3-10-6(11)12/h1-2,10H,3H2,(H,11,12). The summed E-state index contributed by atoms with van der Waals surface area (Å²) in [5.74, 6) is -0.312. The monoisotopic (exact) mass is 171 g/mol. The first-order valence-corrected chi connectivity index (χ1v) is 3.11. The van der Waals surface area contributed by atoms with Crippen LogP contribution in [0.2, 0.25) is 0 Å². The summed E-state index contributed by atoms with van der Waals surface area (Å²) in [4.78, 5) is 17.1. The predicted molar refractivity (Wildman–Crippen MR) is 36.9 cm³/mol. The van der Waals surface area contributed by atoms with E-state index in [9.17, 15) is 9.18 Å². The molecule has 0 atom stereocenters. The van der Waals surface area contributed by atoms with E-state index in [0.29, 0.717) is 0 Å². The molecule has 0 spiro atoms. The highest BCUT2D eigenvalue weighted by Crippen LogP contribution is 1.92. The first kappa shape index (κ1) is 8.38. The van der Waals surface area contributed by atoms with Crippen LogP contribution in [0.1, 0.15) is 5.82 Å². The van der Waals surface area contributed by atoms with Gasteiger partial charge in [-0.1, -0.05) is 0 Å². The van der Waals surface area contributed by atoms with Crippen molar-refractivity contribution in [3.8, 4) is 0 Å². The molecule has 0 aliphatic rings.